The molecule has 30 heavy (non-hydrogen) atoms. The zero-order valence-corrected chi connectivity index (χ0v) is 17.6. The maximum absolute atomic E-state index is 13.1. The van der Waals surface area contributed by atoms with Crippen LogP contribution < -0.4 is 5.32 Å². The molecule has 0 saturated heterocycles. The molecule has 3 aromatic heterocycles. The van der Waals surface area contributed by atoms with Crippen molar-refractivity contribution >= 4 is 39.9 Å². The number of ether oxygens (including phenoxy) is 1. The molecule has 0 aliphatic rings. The molecule has 0 aliphatic carbocycles. The summed E-state index contributed by atoms with van der Waals surface area (Å²) in [5.74, 6) is -0.844. The minimum atomic E-state index is -0.506. The van der Waals surface area contributed by atoms with E-state index in [1.54, 1.807) is 40.4 Å². The van der Waals surface area contributed by atoms with Crippen molar-refractivity contribution in [3.05, 3.63) is 75.2 Å². The first-order valence-electron chi connectivity index (χ1n) is 9.32. The normalized spacial score (nSPS) is 10.9. The van der Waals surface area contributed by atoms with Gasteiger partial charge in [0.15, 0.2) is 5.65 Å². The fourth-order valence-corrected chi connectivity index (χ4v) is 3.95. The molecular weight excluding hydrogens is 400 g/mol. The van der Waals surface area contributed by atoms with Gasteiger partial charge in [-0.05, 0) is 43.5 Å². The van der Waals surface area contributed by atoms with Gasteiger partial charge in [-0.1, -0.05) is 17.7 Å². The zero-order valence-electron chi connectivity index (χ0n) is 16.8. The Morgan fingerprint density at radius 1 is 1.17 bits per heavy atom. The highest BCUT2D eigenvalue weighted by atomic mass is 32.1. The predicted octanol–water partition coefficient (Wildman–Crippen LogP) is 4.20. The largest absolute Gasteiger partial charge is 0.465 e. The van der Waals surface area contributed by atoms with Gasteiger partial charge in [-0.2, -0.15) is 5.10 Å². The van der Waals surface area contributed by atoms with Gasteiger partial charge in [-0.15, -0.1) is 11.3 Å². The van der Waals surface area contributed by atoms with Crippen LogP contribution in [0.4, 0.5) is 5.69 Å². The molecule has 152 valence electrons. The van der Waals surface area contributed by atoms with E-state index in [4.69, 9.17) is 4.74 Å². The van der Waals surface area contributed by atoms with E-state index in [1.165, 1.54) is 7.11 Å². The number of aromatic nitrogens is 3. The number of pyridine rings is 1. The molecule has 4 aromatic rings. The lowest BCUT2D eigenvalue weighted by molar-refractivity contribution is 0.0602. The van der Waals surface area contributed by atoms with Crippen LogP contribution in [-0.4, -0.2) is 33.8 Å². The standard InChI is InChI=1S/C22H20N4O3S/c1-13-6-7-19(17(9-13)22(28)29-3)25-21(27)16-10-14(2)24-20-18(16)11-23-26(20)12-15-5-4-8-30-15/h4-11H,12H2,1-3H3,(H,25,27). The van der Waals surface area contributed by atoms with Crippen molar-refractivity contribution in [2.45, 2.75) is 20.4 Å². The molecule has 0 bridgehead atoms. The van der Waals surface area contributed by atoms with Gasteiger partial charge in [0, 0.05) is 10.6 Å². The number of nitrogens with one attached hydrogen (secondary N) is 1. The van der Waals surface area contributed by atoms with Crippen molar-refractivity contribution < 1.29 is 14.3 Å². The van der Waals surface area contributed by atoms with Crippen molar-refractivity contribution in [3.8, 4) is 0 Å². The van der Waals surface area contributed by atoms with Crippen LogP contribution in [0.15, 0.2) is 48.0 Å². The second-order valence-corrected chi connectivity index (χ2v) is 7.96. The molecule has 0 radical (unpaired) electrons. The second kappa shape index (κ2) is 8.08. The first-order valence-corrected chi connectivity index (χ1v) is 10.2. The number of hydrogen-bond donors (Lipinski definition) is 1. The van der Waals surface area contributed by atoms with Gasteiger partial charge in [-0.25, -0.2) is 14.5 Å². The van der Waals surface area contributed by atoms with Crippen molar-refractivity contribution in [2.24, 2.45) is 0 Å². The molecule has 0 atom stereocenters. The molecule has 0 aliphatic heterocycles. The van der Waals surface area contributed by atoms with Crippen LogP contribution in [-0.2, 0) is 11.3 Å². The lowest BCUT2D eigenvalue weighted by Crippen LogP contribution is -2.16. The minimum Gasteiger partial charge on any atom is -0.465 e. The number of aryl methyl sites for hydroxylation is 2. The average Bonchev–Trinajstić information content (AvgIpc) is 3.38. The number of fused-ring (bicyclic) bond motifs is 1. The first-order chi connectivity index (χ1) is 14.5. The molecule has 3 heterocycles. The summed E-state index contributed by atoms with van der Waals surface area (Å²) < 4.78 is 6.64. The van der Waals surface area contributed by atoms with E-state index in [-0.39, 0.29) is 5.91 Å². The van der Waals surface area contributed by atoms with Crippen LogP contribution in [0.5, 0.6) is 0 Å². The number of hydrogen-bond acceptors (Lipinski definition) is 6. The molecule has 0 spiro atoms. The number of esters is 1. The lowest BCUT2D eigenvalue weighted by atomic mass is 10.1. The number of nitrogens with zero attached hydrogens (tertiary/aromatic N) is 3. The van der Waals surface area contributed by atoms with Crippen molar-refractivity contribution in [1.29, 1.82) is 0 Å². The van der Waals surface area contributed by atoms with E-state index < -0.39 is 5.97 Å². The van der Waals surface area contributed by atoms with E-state index in [0.29, 0.717) is 40.1 Å². The number of amides is 1. The number of carbonyl (C=O) groups excluding carboxylic acids is 2. The lowest BCUT2D eigenvalue weighted by Gasteiger charge is -2.12. The van der Waals surface area contributed by atoms with Gasteiger partial charge in [0.1, 0.15) is 0 Å². The molecule has 1 amide bonds. The topological polar surface area (TPSA) is 86.1 Å². The Labute approximate surface area is 177 Å². The van der Waals surface area contributed by atoms with Crippen LogP contribution in [0.1, 0.15) is 36.9 Å². The average molecular weight is 420 g/mol. The van der Waals surface area contributed by atoms with Crippen LogP contribution in [0, 0.1) is 13.8 Å². The van der Waals surface area contributed by atoms with Crippen molar-refractivity contribution in [1.82, 2.24) is 14.8 Å². The van der Waals surface area contributed by atoms with Crippen LogP contribution in [0.3, 0.4) is 0 Å². The monoisotopic (exact) mass is 420 g/mol. The summed E-state index contributed by atoms with van der Waals surface area (Å²) in [6.45, 7) is 4.30. The molecule has 8 heteroatoms. The number of methoxy groups -OCH3 is 1. The molecule has 1 N–H and O–H groups in total. The Morgan fingerprint density at radius 3 is 2.73 bits per heavy atom. The summed E-state index contributed by atoms with van der Waals surface area (Å²) in [7, 11) is 1.31. The van der Waals surface area contributed by atoms with Gasteiger partial charge in [0.05, 0.1) is 42.1 Å². The van der Waals surface area contributed by atoms with Gasteiger partial charge in [-0.3, -0.25) is 4.79 Å². The number of rotatable bonds is 5. The Morgan fingerprint density at radius 2 is 2.00 bits per heavy atom. The first kappa shape index (κ1) is 19.8. The summed E-state index contributed by atoms with van der Waals surface area (Å²) in [6.07, 6.45) is 1.65. The highest BCUT2D eigenvalue weighted by Crippen LogP contribution is 2.24. The minimum absolute atomic E-state index is 0.307. The Balaban J connectivity index is 1.71. The van der Waals surface area contributed by atoms with Gasteiger partial charge < -0.3 is 10.1 Å². The third-order valence-corrected chi connectivity index (χ3v) is 5.56. The number of benzene rings is 1. The molecule has 0 saturated carbocycles. The molecule has 0 fully saturated rings. The Bertz CT molecular complexity index is 1240. The summed E-state index contributed by atoms with van der Waals surface area (Å²) in [6, 6.07) is 11.0. The fourth-order valence-electron chi connectivity index (χ4n) is 3.26. The van der Waals surface area contributed by atoms with E-state index in [9.17, 15) is 9.59 Å². The highest BCUT2D eigenvalue weighted by Gasteiger charge is 2.19. The quantitative estimate of drug-likeness (QED) is 0.489. The second-order valence-electron chi connectivity index (χ2n) is 6.92. The molecule has 1 aromatic carbocycles. The summed E-state index contributed by atoms with van der Waals surface area (Å²) >= 11 is 1.64. The van der Waals surface area contributed by atoms with E-state index in [1.807, 2.05) is 37.4 Å². The van der Waals surface area contributed by atoms with Gasteiger partial charge in [0.25, 0.3) is 5.91 Å². The van der Waals surface area contributed by atoms with Crippen molar-refractivity contribution in [3.63, 3.8) is 0 Å². The van der Waals surface area contributed by atoms with Crippen molar-refractivity contribution in [2.75, 3.05) is 12.4 Å². The highest BCUT2D eigenvalue weighted by molar-refractivity contribution is 7.09. The van der Waals surface area contributed by atoms with Crippen LogP contribution in [0.25, 0.3) is 11.0 Å². The number of carbonyl (C=O) groups is 2. The van der Waals surface area contributed by atoms with E-state index in [0.717, 1.165) is 10.4 Å². The SMILES string of the molecule is COC(=O)c1cc(C)ccc1NC(=O)c1cc(C)nc2c1cnn2Cc1cccs1. The Hall–Kier alpha value is -3.52. The molecular formula is C22H20N4O3S. The summed E-state index contributed by atoms with van der Waals surface area (Å²) in [5, 5.41) is 9.95. The fraction of sp³-hybridized carbons (Fsp3) is 0.182. The van der Waals surface area contributed by atoms with E-state index >= 15 is 0 Å². The maximum atomic E-state index is 13.1. The third kappa shape index (κ3) is 3.81. The van der Waals surface area contributed by atoms with E-state index in [2.05, 4.69) is 15.4 Å². The summed E-state index contributed by atoms with van der Waals surface area (Å²) in [5.41, 5.74) is 3.40. The smallest absolute Gasteiger partial charge is 0.339 e. The maximum Gasteiger partial charge on any atom is 0.339 e. The molecule has 0 unspecified atom stereocenters. The van der Waals surface area contributed by atoms with Gasteiger partial charge >= 0.3 is 5.97 Å². The number of anilines is 1. The summed E-state index contributed by atoms with van der Waals surface area (Å²) in [4.78, 5) is 31.0. The zero-order chi connectivity index (χ0) is 21.3. The van der Waals surface area contributed by atoms with Crippen LogP contribution >= 0.6 is 11.3 Å². The van der Waals surface area contributed by atoms with Gasteiger partial charge in [0.2, 0.25) is 0 Å². The third-order valence-electron chi connectivity index (χ3n) is 4.70. The Kier molecular flexibility index (Phi) is 5.33. The van der Waals surface area contributed by atoms with Crippen LogP contribution in [0.2, 0.25) is 0 Å². The number of thiophene rings is 1. The molecule has 7 nitrogen and oxygen atoms in total. The predicted molar refractivity (Wildman–Crippen MR) is 116 cm³/mol. The molecule has 4 rings (SSSR count).